The second kappa shape index (κ2) is 6.22. The topological polar surface area (TPSA) is 68.1 Å². The lowest BCUT2D eigenvalue weighted by Gasteiger charge is -2.21. The second-order valence-electron chi connectivity index (χ2n) is 5.13. The Hall–Kier alpha value is -2.04. The van der Waals surface area contributed by atoms with E-state index < -0.39 is 17.6 Å². The molecule has 0 radical (unpaired) electrons. The number of hydrogen-bond acceptors (Lipinski definition) is 5. The van der Waals surface area contributed by atoms with Gasteiger partial charge in [0.25, 0.3) is 0 Å². The van der Waals surface area contributed by atoms with Gasteiger partial charge in [-0.05, 0) is 45.0 Å². The van der Waals surface area contributed by atoms with Crippen LogP contribution >= 0.6 is 0 Å². The zero-order valence-electron chi connectivity index (χ0n) is 11.6. The van der Waals surface area contributed by atoms with Crippen molar-refractivity contribution in [1.29, 1.82) is 0 Å². The van der Waals surface area contributed by atoms with Crippen LogP contribution in [0.4, 0.5) is 5.69 Å². The third-order valence-electron chi connectivity index (χ3n) is 2.19. The van der Waals surface area contributed by atoms with Gasteiger partial charge in [0.05, 0.1) is 11.4 Å². The van der Waals surface area contributed by atoms with Gasteiger partial charge in [0.15, 0.2) is 0 Å². The molecule has 19 heavy (non-hydrogen) atoms. The number of carbonyl (C=O) groups excluding carboxylic acids is 1. The normalized spacial score (nSPS) is 13.8. The number of para-hydroxylation sites is 1. The SMILES string of the molecule is CC(=Nc1ccccc1)C(N=O)C(=O)OC(C)(C)C. The van der Waals surface area contributed by atoms with Crippen molar-refractivity contribution in [3.63, 3.8) is 0 Å². The van der Waals surface area contributed by atoms with Crippen LogP contribution in [0.25, 0.3) is 0 Å². The van der Waals surface area contributed by atoms with Crippen molar-refractivity contribution in [1.82, 2.24) is 0 Å². The lowest BCUT2D eigenvalue weighted by molar-refractivity contribution is -0.154. The van der Waals surface area contributed by atoms with E-state index in [0.717, 1.165) is 0 Å². The van der Waals surface area contributed by atoms with Crippen LogP contribution in [0.5, 0.6) is 0 Å². The van der Waals surface area contributed by atoms with Crippen LogP contribution in [-0.2, 0) is 9.53 Å². The van der Waals surface area contributed by atoms with E-state index in [0.29, 0.717) is 11.4 Å². The monoisotopic (exact) mass is 262 g/mol. The van der Waals surface area contributed by atoms with E-state index >= 15 is 0 Å². The van der Waals surface area contributed by atoms with Crippen LogP contribution in [0, 0.1) is 4.91 Å². The molecular weight excluding hydrogens is 244 g/mol. The van der Waals surface area contributed by atoms with Gasteiger partial charge in [-0.25, -0.2) is 4.79 Å². The largest absolute Gasteiger partial charge is 0.458 e. The van der Waals surface area contributed by atoms with Crippen LogP contribution in [0.1, 0.15) is 27.7 Å². The van der Waals surface area contributed by atoms with Gasteiger partial charge >= 0.3 is 5.97 Å². The summed E-state index contributed by atoms with van der Waals surface area (Å²) >= 11 is 0. The highest BCUT2D eigenvalue weighted by Crippen LogP contribution is 2.14. The summed E-state index contributed by atoms with van der Waals surface area (Å²) < 4.78 is 5.14. The van der Waals surface area contributed by atoms with Crippen molar-refractivity contribution < 1.29 is 9.53 Å². The Morgan fingerprint density at radius 3 is 2.26 bits per heavy atom. The third kappa shape index (κ3) is 4.99. The van der Waals surface area contributed by atoms with Crippen molar-refractivity contribution in [3.05, 3.63) is 35.2 Å². The second-order valence-corrected chi connectivity index (χ2v) is 5.13. The van der Waals surface area contributed by atoms with Crippen molar-refractivity contribution in [2.24, 2.45) is 10.2 Å². The summed E-state index contributed by atoms with van der Waals surface area (Å²) in [5.41, 5.74) is 0.320. The van der Waals surface area contributed by atoms with E-state index in [1.165, 1.54) is 0 Å². The summed E-state index contributed by atoms with van der Waals surface area (Å²) in [6.45, 7) is 6.78. The molecule has 0 amide bonds. The van der Waals surface area contributed by atoms with Gasteiger partial charge in [-0.15, -0.1) is 4.91 Å². The summed E-state index contributed by atoms with van der Waals surface area (Å²) in [6.07, 6.45) is 0. The number of rotatable bonds is 4. The molecule has 5 heteroatoms. The van der Waals surface area contributed by atoms with Gasteiger partial charge in [0.2, 0.25) is 6.04 Å². The number of aliphatic imine (C=N–C) groups is 1. The zero-order valence-corrected chi connectivity index (χ0v) is 11.6. The first-order valence-corrected chi connectivity index (χ1v) is 5.99. The predicted molar refractivity (Wildman–Crippen MR) is 74.6 cm³/mol. The molecule has 1 unspecified atom stereocenters. The minimum atomic E-state index is -1.21. The number of ether oxygens (including phenoxy) is 1. The van der Waals surface area contributed by atoms with Crippen LogP contribution < -0.4 is 0 Å². The molecule has 5 nitrogen and oxygen atoms in total. The number of nitrogens with zero attached hydrogens (tertiary/aromatic N) is 2. The van der Waals surface area contributed by atoms with Crippen molar-refractivity contribution in [3.8, 4) is 0 Å². The maximum atomic E-state index is 11.8. The molecule has 102 valence electrons. The molecule has 0 saturated heterocycles. The molecule has 0 spiro atoms. The molecule has 0 aromatic heterocycles. The van der Waals surface area contributed by atoms with Gasteiger partial charge in [0, 0.05) is 0 Å². The highest BCUT2D eigenvalue weighted by atomic mass is 16.6. The smallest absolute Gasteiger partial charge is 0.341 e. The molecule has 0 fully saturated rings. The van der Waals surface area contributed by atoms with Crippen LogP contribution in [-0.4, -0.2) is 23.3 Å². The summed E-state index contributed by atoms with van der Waals surface area (Å²) in [5.74, 6) is -0.681. The number of hydrogen-bond donors (Lipinski definition) is 0. The first kappa shape index (κ1) is 15.0. The fourth-order valence-corrected chi connectivity index (χ4v) is 1.41. The molecule has 0 aliphatic heterocycles. The molecule has 1 atom stereocenters. The van der Waals surface area contributed by atoms with Gasteiger partial charge in [-0.1, -0.05) is 18.2 Å². The Bertz CT molecular complexity index is 475. The highest BCUT2D eigenvalue weighted by Gasteiger charge is 2.28. The fraction of sp³-hybridized carbons (Fsp3) is 0.429. The van der Waals surface area contributed by atoms with Crippen molar-refractivity contribution in [2.75, 3.05) is 0 Å². The number of nitroso groups, excluding NO2 is 1. The summed E-state index contributed by atoms with van der Waals surface area (Å²) in [4.78, 5) is 26.9. The van der Waals surface area contributed by atoms with Gasteiger partial charge < -0.3 is 4.74 Å². The van der Waals surface area contributed by atoms with Gasteiger partial charge in [-0.3, -0.25) is 4.99 Å². The molecule has 1 aromatic rings. The first-order chi connectivity index (χ1) is 8.83. The predicted octanol–water partition coefficient (Wildman–Crippen LogP) is 3.26. The average molecular weight is 262 g/mol. The Balaban J connectivity index is 2.88. The Labute approximate surface area is 112 Å². The van der Waals surface area contributed by atoms with Crippen LogP contribution in [0.2, 0.25) is 0 Å². The lowest BCUT2D eigenvalue weighted by Crippen LogP contribution is -2.34. The number of carbonyl (C=O) groups is 1. The van der Waals surface area contributed by atoms with E-state index in [-0.39, 0.29) is 0 Å². The lowest BCUT2D eigenvalue weighted by atomic mass is 10.1. The Kier molecular flexibility index (Phi) is 4.92. The summed E-state index contributed by atoms with van der Waals surface area (Å²) in [7, 11) is 0. The van der Waals surface area contributed by atoms with E-state index in [1.54, 1.807) is 39.8 Å². The van der Waals surface area contributed by atoms with Crippen LogP contribution in [0.3, 0.4) is 0 Å². The van der Waals surface area contributed by atoms with E-state index in [9.17, 15) is 9.70 Å². The van der Waals surface area contributed by atoms with Crippen molar-refractivity contribution in [2.45, 2.75) is 39.3 Å². The maximum absolute atomic E-state index is 11.8. The molecule has 1 aromatic carbocycles. The molecule has 0 N–H and O–H groups in total. The molecule has 0 bridgehead atoms. The maximum Gasteiger partial charge on any atom is 0.341 e. The van der Waals surface area contributed by atoms with E-state index in [2.05, 4.69) is 10.2 Å². The van der Waals surface area contributed by atoms with Gasteiger partial charge in [0.1, 0.15) is 5.60 Å². The molecule has 0 aliphatic rings. The minimum Gasteiger partial charge on any atom is -0.458 e. The quantitative estimate of drug-likeness (QED) is 0.475. The standard InChI is InChI=1S/C14H18N2O3/c1-10(15-11-8-6-5-7-9-11)12(16-18)13(17)19-14(2,3)4/h5-9,12H,1-4H3. The molecule has 1 rings (SSSR count). The van der Waals surface area contributed by atoms with Crippen molar-refractivity contribution >= 4 is 17.4 Å². The van der Waals surface area contributed by atoms with E-state index in [4.69, 9.17) is 4.74 Å². The molecule has 0 aliphatic carbocycles. The first-order valence-electron chi connectivity index (χ1n) is 5.99. The zero-order chi connectivity index (χ0) is 14.5. The minimum absolute atomic E-state index is 0.315. The highest BCUT2D eigenvalue weighted by molar-refractivity contribution is 6.06. The Morgan fingerprint density at radius 1 is 1.21 bits per heavy atom. The molecular formula is C14H18N2O3. The van der Waals surface area contributed by atoms with Crippen LogP contribution in [0.15, 0.2) is 40.5 Å². The number of benzene rings is 1. The number of esters is 1. The summed E-state index contributed by atoms with van der Waals surface area (Å²) in [6, 6.07) is 7.85. The summed E-state index contributed by atoms with van der Waals surface area (Å²) in [5, 5.41) is 2.81. The average Bonchev–Trinajstić information content (AvgIpc) is 2.28. The molecule has 0 heterocycles. The van der Waals surface area contributed by atoms with Gasteiger partial charge in [-0.2, -0.15) is 0 Å². The Morgan fingerprint density at radius 2 is 1.79 bits per heavy atom. The molecule has 0 saturated carbocycles. The third-order valence-corrected chi connectivity index (χ3v) is 2.19. The van der Waals surface area contributed by atoms with E-state index in [1.807, 2.05) is 18.2 Å². The fourth-order valence-electron chi connectivity index (χ4n) is 1.41.